The molecule has 2 aromatic carbocycles. The van der Waals surface area contributed by atoms with Crippen molar-refractivity contribution in [1.82, 2.24) is 24.5 Å². The highest BCUT2D eigenvalue weighted by atomic mass is 32.2. The summed E-state index contributed by atoms with van der Waals surface area (Å²) in [6.07, 6.45) is -3.02. The van der Waals surface area contributed by atoms with E-state index in [0.29, 0.717) is 16.9 Å². The van der Waals surface area contributed by atoms with Gasteiger partial charge in [0.05, 0.1) is 17.6 Å². The highest BCUT2D eigenvalue weighted by molar-refractivity contribution is 7.98. The lowest BCUT2D eigenvalue weighted by molar-refractivity contribution is -0.141. The van der Waals surface area contributed by atoms with Gasteiger partial charge in [0.1, 0.15) is 18.2 Å². The maximum atomic E-state index is 13.3. The standard InChI is InChI=1S/C21H17F4N7S/c22-14-6-8-15(9-7-14)28-19-30-17(29-18(26)31-19)11-33-20-27-10-16(13-4-2-1-3-5-13)32(20)12-21(23,24)25/h1-10H,11-12H2,(H3,26,28,29,30,31). The average Bonchev–Trinajstić information content (AvgIpc) is 3.15. The first-order valence-corrected chi connectivity index (χ1v) is 10.6. The highest BCUT2D eigenvalue weighted by Gasteiger charge is 2.31. The molecule has 4 aromatic rings. The fourth-order valence-corrected chi connectivity index (χ4v) is 3.83. The monoisotopic (exact) mass is 475 g/mol. The van der Waals surface area contributed by atoms with Gasteiger partial charge >= 0.3 is 6.18 Å². The third kappa shape index (κ3) is 5.98. The Labute approximate surface area is 190 Å². The second-order valence-corrected chi connectivity index (χ2v) is 7.79. The minimum atomic E-state index is -4.43. The predicted octanol–water partition coefficient (Wildman–Crippen LogP) is 5.05. The molecular formula is C21H17F4N7S. The number of benzene rings is 2. The molecule has 0 radical (unpaired) electrons. The third-order valence-corrected chi connectivity index (χ3v) is 5.34. The number of nitrogens with two attached hydrogens (primary N) is 1. The molecule has 2 heterocycles. The Morgan fingerprint density at radius 1 is 0.970 bits per heavy atom. The molecule has 0 saturated carbocycles. The van der Waals surface area contributed by atoms with Crippen LogP contribution in [0.25, 0.3) is 11.3 Å². The number of halogens is 4. The van der Waals surface area contributed by atoms with Crippen molar-refractivity contribution in [2.24, 2.45) is 0 Å². The van der Waals surface area contributed by atoms with E-state index in [0.717, 1.165) is 16.3 Å². The van der Waals surface area contributed by atoms with Gasteiger partial charge in [-0.2, -0.15) is 28.1 Å². The Kier molecular flexibility index (Phi) is 6.45. The summed E-state index contributed by atoms with van der Waals surface area (Å²) in [4.78, 5) is 16.5. The molecule has 33 heavy (non-hydrogen) atoms. The maximum Gasteiger partial charge on any atom is 0.406 e. The molecule has 3 N–H and O–H groups in total. The van der Waals surface area contributed by atoms with Crippen LogP contribution in [0.3, 0.4) is 0 Å². The molecule has 0 atom stereocenters. The topological polar surface area (TPSA) is 94.5 Å². The van der Waals surface area contributed by atoms with E-state index < -0.39 is 18.5 Å². The molecule has 7 nitrogen and oxygen atoms in total. The lowest BCUT2D eigenvalue weighted by Gasteiger charge is -2.14. The summed E-state index contributed by atoms with van der Waals surface area (Å²) in [5.74, 6) is 0.0348. The van der Waals surface area contributed by atoms with Crippen LogP contribution in [-0.4, -0.2) is 30.7 Å². The lowest BCUT2D eigenvalue weighted by atomic mass is 10.2. The van der Waals surface area contributed by atoms with Crippen molar-refractivity contribution in [2.45, 2.75) is 23.6 Å². The van der Waals surface area contributed by atoms with E-state index in [1.54, 1.807) is 30.3 Å². The number of aromatic nitrogens is 5. The molecular weight excluding hydrogens is 458 g/mol. The first-order valence-electron chi connectivity index (χ1n) is 9.60. The molecule has 0 unspecified atom stereocenters. The van der Waals surface area contributed by atoms with E-state index in [-0.39, 0.29) is 28.6 Å². The molecule has 4 rings (SSSR count). The number of thioether (sulfide) groups is 1. The molecule has 0 saturated heterocycles. The van der Waals surface area contributed by atoms with E-state index in [1.165, 1.54) is 30.5 Å². The molecule has 0 aliphatic carbocycles. The zero-order chi connectivity index (χ0) is 23.4. The van der Waals surface area contributed by atoms with Crippen molar-refractivity contribution >= 4 is 29.3 Å². The van der Waals surface area contributed by atoms with E-state index in [2.05, 4.69) is 25.3 Å². The van der Waals surface area contributed by atoms with Gasteiger partial charge in [0.25, 0.3) is 0 Å². The summed E-state index contributed by atoms with van der Waals surface area (Å²) in [6, 6.07) is 14.3. The van der Waals surface area contributed by atoms with E-state index in [1.807, 2.05) is 0 Å². The SMILES string of the molecule is Nc1nc(CSc2ncc(-c3ccccc3)n2CC(F)(F)F)nc(Nc2ccc(F)cc2)n1. The molecule has 0 fully saturated rings. The van der Waals surface area contributed by atoms with E-state index in [9.17, 15) is 17.6 Å². The van der Waals surface area contributed by atoms with E-state index in [4.69, 9.17) is 5.73 Å². The second kappa shape index (κ2) is 9.45. The number of hydrogen-bond donors (Lipinski definition) is 2. The van der Waals surface area contributed by atoms with Crippen molar-refractivity contribution in [2.75, 3.05) is 11.1 Å². The fraction of sp³-hybridized carbons (Fsp3) is 0.143. The van der Waals surface area contributed by atoms with Crippen LogP contribution in [0.2, 0.25) is 0 Å². The van der Waals surface area contributed by atoms with Crippen LogP contribution in [-0.2, 0) is 12.3 Å². The Bertz CT molecular complexity index is 1230. The van der Waals surface area contributed by atoms with Gasteiger partial charge in [-0.3, -0.25) is 0 Å². The van der Waals surface area contributed by atoms with Gasteiger partial charge < -0.3 is 15.6 Å². The number of anilines is 3. The Hall–Kier alpha value is -3.67. The van der Waals surface area contributed by atoms with Crippen LogP contribution in [0.5, 0.6) is 0 Å². The smallest absolute Gasteiger partial charge is 0.368 e. The van der Waals surface area contributed by atoms with Crippen molar-refractivity contribution < 1.29 is 17.6 Å². The largest absolute Gasteiger partial charge is 0.406 e. The molecule has 0 aliphatic heterocycles. The normalized spacial score (nSPS) is 11.5. The maximum absolute atomic E-state index is 13.3. The van der Waals surface area contributed by atoms with Gasteiger partial charge in [0.2, 0.25) is 11.9 Å². The number of rotatable bonds is 7. The predicted molar refractivity (Wildman–Crippen MR) is 117 cm³/mol. The summed E-state index contributed by atoms with van der Waals surface area (Å²) < 4.78 is 54.0. The lowest BCUT2D eigenvalue weighted by Crippen LogP contribution is -2.19. The number of nitrogens with one attached hydrogen (secondary N) is 1. The fourth-order valence-electron chi connectivity index (χ4n) is 3.00. The van der Waals surface area contributed by atoms with Gasteiger partial charge in [0.15, 0.2) is 5.16 Å². The van der Waals surface area contributed by atoms with Crippen LogP contribution >= 0.6 is 11.8 Å². The number of alkyl halides is 3. The summed E-state index contributed by atoms with van der Waals surface area (Å²) in [7, 11) is 0. The summed E-state index contributed by atoms with van der Waals surface area (Å²) in [5.41, 5.74) is 7.27. The average molecular weight is 475 g/mol. The van der Waals surface area contributed by atoms with Crippen LogP contribution in [0.4, 0.5) is 35.1 Å². The number of nitrogens with zero attached hydrogens (tertiary/aromatic N) is 5. The van der Waals surface area contributed by atoms with Crippen LogP contribution < -0.4 is 11.1 Å². The van der Waals surface area contributed by atoms with Gasteiger partial charge in [-0.1, -0.05) is 42.1 Å². The quantitative estimate of drug-likeness (QED) is 0.285. The Morgan fingerprint density at radius 2 is 1.70 bits per heavy atom. The molecule has 0 bridgehead atoms. The molecule has 0 aliphatic rings. The van der Waals surface area contributed by atoms with Crippen molar-refractivity contribution in [3.05, 3.63) is 72.4 Å². The minimum Gasteiger partial charge on any atom is -0.368 e. The molecule has 0 amide bonds. The Morgan fingerprint density at radius 3 is 2.39 bits per heavy atom. The Balaban J connectivity index is 1.55. The third-order valence-electron chi connectivity index (χ3n) is 4.36. The first-order chi connectivity index (χ1) is 15.8. The molecule has 12 heteroatoms. The van der Waals surface area contributed by atoms with Crippen molar-refractivity contribution in [1.29, 1.82) is 0 Å². The van der Waals surface area contributed by atoms with Gasteiger partial charge in [0, 0.05) is 5.69 Å². The number of imidazole rings is 1. The summed E-state index contributed by atoms with van der Waals surface area (Å²) >= 11 is 1.05. The van der Waals surface area contributed by atoms with Crippen molar-refractivity contribution in [3.63, 3.8) is 0 Å². The van der Waals surface area contributed by atoms with Gasteiger partial charge in [-0.25, -0.2) is 9.37 Å². The van der Waals surface area contributed by atoms with E-state index >= 15 is 0 Å². The van der Waals surface area contributed by atoms with Gasteiger partial charge in [-0.05, 0) is 29.8 Å². The van der Waals surface area contributed by atoms with Crippen LogP contribution in [0, 0.1) is 5.82 Å². The molecule has 0 spiro atoms. The first kappa shape index (κ1) is 22.5. The minimum absolute atomic E-state index is 0.0613. The zero-order valence-corrected chi connectivity index (χ0v) is 17.7. The summed E-state index contributed by atoms with van der Waals surface area (Å²) in [5, 5.41) is 3.06. The number of hydrogen-bond acceptors (Lipinski definition) is 7. The number of nitrogen functional groups attached to an aromatic ring is 1. The second-order valence-electron chi connectivity index (χ2n) is 6.85. The zero-order valence-electron chi connectivity index (χ0n) is 16.9. The van der Waals surface area contributed by atoms with Gasteiger partial charge in [-0.15, -0.1) is 0 Å². The van der Waals surface area contributed by atoms with Crippen LogP contribution in [0.1, 0.15) is 5.82 Å². The molecule has 2 aromatic heterocycles. The summed E-state index contributed by atoms with van der Waals surface area (Å²) in [6.45, 7) is -1.18. The molecule has 170 valence electrons. The van der Waals surface area contributed by atoms with Crippen molar-refractivity contribution in [3.8, 4) is 11.3 Å². The van der Waals surface area contributed by atoms with Crippen LogP contribution in [0.15, 0.2) is 66.0 Å². The highest BCUT2D eigenvalue weighted by Crippen LogP contribution is 2.31.